The van der Waals surface area contributed by atoms with Crippen molar-refractivity contribution in [2.75, 3.05) is 7.05 Å². The van der Waals surface area contributed by atoms with Crippen molar-refractivity contribution in [3.63, 3.8) is 0 Å². The Morgan fingerprint density at radius 1 is 0.968 bits per heavy atom. The maximum atomic E-state index is 13.1. The van der Waals surface area contributed by atoms with Crippen LogP contribution in [-0.2, 0) is 6.54 Å². The summed E-state index contributed by atoms with van der Waals surface area (Å²) in [6.45, 7) is 0.0660. The van der Waals surface area contributed by atoms with E-state index in [4.69, 9.17) is 0 Å². The standard InChI is InChI=1S/C23H19N5O3/c1-26(16-18-12-8-9-15-20(18)28(30)31)23(29)21-24-22(17-10-4-2-5-11-17)27(25-21)19-13-6-3-7-14-19/h2-15H,16H2,1H3. The van der Waals surface area contributed by atoms with Crippen molar-refractivity contribution >= 4 is 11.6 Å². The molecule has 0 fully saturated rings. The molecule has 0 saturated heterocycles. The first-order valence-corrected chi connectivity index (χ1v) is 9.60. The lowest BCUT2D eigenvalue weighted by Gasteiger charge is -2.15. The summed E-state index contributed by atoms with van der Waals surface area (Å²) in [5.41, 5.74) is 2.00. The molecule has 31 heavy (non-hydrogen) atoms. The van der Waals surface area contributed by atoms with E-state index in [1.54, 1.807) is 29.9 Å². The summed E-state index contributed by atoms with van der Waals surface area (Å²) in [5, 5.41) is 15.7. The molecule has 1 heterocycles. The first-order chi connectivity index (χ1) is 15.0. The summed E-state index contributed by atoms with van der Waals surface area (Å²) < 4.78 is 1.63. The molecule has 0 saturated carbocycles. The Morgan fingerprint density at radius 3 is 2.26 bits per heavy atom. The van der Waals surface area contributed by atoms with Gasteiger partial charge in [-0.05, 0) is 12.1 Å². The Hall–Kier alpha value is -4.33. The van der Waals surface area contributed by atoms with Gasteiger partial charge in [0.2, 0.25) is 5.82 Å². The van der Waals surface area contributed by atoms with Crippen molar-refractivity contribution in [3.05, 3.63) is 106 Å². The first-order valence-electron chi connectivity index (χ1n) is 9.60. The van der Waals surface area contributed by atoms with Crippen LogP contribution in [0.4, 0.5) is 5.69 Å². The van der Waals surface area contributed by atoms with Gasteiger partial charge in [0.05, 0.1) is 17.2 Å². The van der Waals surface area contributed by atoms with Gasteiger partial charge in [0.25, 0.3) is 11.6 Å². The molecule has 0 aliphatic carbocycles. The SMILES string of the molecule is CN(Cc1ccccc1[N+](=O)[O-])C(=O)c1nc(-c2ccccc2)n(-c2ccccc2)n1. The molecule has 0 spiro atoms. The third-order valence-corrected chi connectivity index (χ3v) is 4.77. The van der Waals surface area contributed by atoms with E-state index < -0.39 is 10.8 Å². The van der Waals surface area contributed by atoms with E-state index in [2.05, 4.69) is 10.1 Å². The smallest absolute Gasteiger partial charge is 0.293 e. The predicted octanol–water partition coefficient (Wildman–Crippen LogP) is 4.11. The number of hydrogen-bond acceptors (Lipinski definition) is 5. The van der Waals surface area contributed by atoms with Gasteiger partial charge in [0.1, 0.15) is 0 Å². The molecular weight excluding hydrogens is 394 g/mol. The second-order valence-electron chi connectivity index (χ2n) is 6.92. The van der Waals surface area contributed by atoms with Gasteiger partial charge in [0.15, 0.2) is 5.82 Å². The van der Waals surface area contributed by atoms with E-state index in [-0.39, 0.29) is 18.1 Å². The Bertz CT molecular complexity index is 1170. The highest BCUT2D eigenvalue weighted by Gasteiger charge is 2.23. The molecular formula is C23H19N5O3. The van der Waals surface area contributed by atoms with Gasteiger partial charge in [-0.2, -0.15) is 0 Å². The number of hydrogen-bond donors (Lipinski definition) is 0. The molecule has 0 aliphatic heterocycles. The average Bonchev–Trinajstić information content (AvgIpc) is 3.25. The summed E-state index contributed by atoms with van der Waals surface area (Å²) in [6.07, 6.45) is 0. The quantitative estimate of drug-likeness (QED) is 0.350. The third kappa shape index (κ3) is 4.18. The van der Waals surface area contributed by atoms with Crippen molar-refractivity contribution in [2.24, 2.45) is 0 Å². The molecule has 0 radical (unpaired) electrons. The Balaban J connectivity index is 1.69. The molecule has 8 heteroatoms. The summed E-state index contributed by atoms with van der Waals surface area (Å²) in [7, 11) is 1.57. The maximum Gasteiger partial charge on any atom is 0.293 e. The maximum absolute atomic E-state index is 13.1. The van der Waals surface area contributed by atoms with Crippen LogP contribution in [0.3, 0.4) is 0 Å². The lowest BCUT2D eigenvalue weighted by molar-refractivity contribution is -0.385. The van der Waals surface area contributed by atoms with Crippen LogP contribution in [0.2, 0.25) is 0 Å². The summed E-state index contributed by atoms with van der Waals surface area (Å²) in [4.78, 5) is 29.8. The number of nitro groups is 1. The highest BCUT2D eigenvalue weighted by Crippen LogP contribution is 2.23. The van der Waals surface area contributed by atoms with Crippen molar-refractivity contribution in [2.45, 2.75) is 6.54 Å². The zero-order chi connectivity index (χ0) is 21.8. The van der Waals surface area contributed by atoms with Crippen LogP contribution in [0.5, 0.6) is 0 Å². The minimum absolute atomic E-state index is 0.0174. The predicted molar refractivity (Wildman–Crippen MR) is 116 cm³/mol. The fourth-order valence-corrected chi connectivity index (χ4v) is 3.25. The van der Waals surface area contributed by atoms with E-state index in [1.807, 2.05) is 60.7 Å². The minimum Gasteiger partial charge on any atom is -0.334 e. The van der Waals surface area contributed by atoms with Crippen LogP contribution >= 0.6 is 0 Å². The minimum atomic E-state index is -0.455. The lowest BCUT2D eigenvalue weighted by Crippen LogP contribution is -2.27. The van der Waals surface area contributed by atoms with Crippen LogP contribution in [-0.4, -0.2) is 37.5 Å². The summed E-state index contributed by atoms with van der Waals surface area (Å²) >= 11 is 0. The van der Waals surface area contributed by atoms with Crippen LogP contribution in [0.1, 0.15) is 16.2 Å². The molecule has 1 aromatic heterocycles. The number of carbonyl (C=O) groups excluding carboxylic acids is 1. The van der Waals surface area contributed by atoms with E-state index >= 15 is 0 Å². The molecule has 154 valence electrons. The number of nitro benzene ring substituents is 1. The summed E-state index contributed by atoms with van der Waals surface area (Å²) in [5.74, 6) is 0.128. The van der Waals surface area contributed by atoms with Gasteiger partial charge < -0.3 is 4.90 Å². The second-order valence-corrected chi connectivity index (χ2v) is 6.92. The first kappa shape index (κ1) is 20.0. The van der Waals surface area contributed by atoms with Crippen molar-refractivity contribution < 1.29 is 9.72 Å². The average molecular weight is 413 g/mol. The Labute approximate surface area is 178 Å². The molecule has 0 aliphatic rings. The van der Waals surface area contributed by atoms with E-state index in [9.17, 15) is 14.9 Å². The van der Waals surface area contributed by atoms with Gasteiger partial charge in [-0.15, -0.1) is 5.10 Å². The molecule has 1 amide bonds. The molecule has 0 unspecified atom stereocenters. The van der Waals surface area contributed by atoms with Gasteiger partial charge in [0, 0.05) is 24.2 Å². The Morgan fingerprint density at radius 2 is 1.58 bits per heavy atom. The molecule has 8 nitrogen and oxygen atoms in total. The third-order valence-electron chi connectivity index (χ3n) is 4.77. The lowest BCUT2D eigenvalue weighted by atomic mass is 10.1. The number of amides is 1. The summed E-state index contributed by atoms with van der Waals surface area (Å²) in [6, 6.07) is 25.3. The molecule has 4 rings (SSSR count). The zero-order valence-electron chi connectivity index (χ0n) is 16.8. The molecule has 3 aromatic carbocycles. The monoisotopic (exact) mass is 413 g/mol. The van der Waals surface area contributed by atoms with Crippen molar-refractivity contribution in [3.8, 4) is 17.1 Å². The fraction of sp³-hybridized carbons (Fsp3) is 0.0870. The van der Waals surface area contributed by atoms with Crippen LogP contribution in [0.25, 0.3) is 17.1 Å². The number of aromatic nitrogens is 3. The fourth-order valence-electron chi connectivity index (χ4n) is 3.25. The van der Waals surface area contributed by atoms with Gasteiger partial charge in [-0.1, -0.05) is 66.7 Å². The van der Waals surface area contributed by atoms with Crippen molar-refractivity contribution in [1.82, 2.24) is 19.7 Å². The molecule has 0 atom stereocenters. The van der Waals surface area contributed by atoms with Crippen LogP contribution < -0.4 is 0 Å². The van der Waals surface area contributed by atoms with Gasteiger partial charge in [-0.25, -0.2) is 9.67 Å². The number of rotatable bonds is 6. The van der Waals surface area contributed by atoms with Crippen molar-refractivity contribution in [1.29, 1.82) is 0 Å². The normalized spacial score (nSPS) is 10.6. The van der Waals surface area contributed by atoms with Crippen LogP contribution in [0, 0.1) is 10.1 Å². The van der Waals surface area contributed by atoms with Gasteiger partial charge in [-0.3, -0.25) is 14.9 Å². The highest BCUT2D eigenvalue weighted by atomic mass is 16.6. The molecule has 0 N–H and O–H groups in total. The zero-order valence-corrected chi connectivity index (χ0v) is 16.8. The van der Waals surface area contributed by atoms with E-state index in [0.29, 0.717) is 11.4 Å². The van der Waals surface area contributed by atoms with E-state index in [1.165, 1.54) is 11.0 Å². The second kappa shape index (κ2) is 8.58. The van der Waals surface area contributed by atoms with Gasteiger partial charge >= 0.3 is 0 Å². The molecule has 0 bridgehead atoms. The number of carbonyl (C=O) groups is 1. The number of para-hydroxylation sites is 2. The number of benzene rings is 3. The van der Waals surface area contributed by atoms with Crippen LogP contribution in [0.15, 0.2) is 84.9 Å². The largest absolute Gasteiger partial charge is 0.334 e. The highest BCUT2D eigenvalue weighted by molar-refractivity contribution is 5.91. The number of nitrogens with zero attached hydrogens (tertiary/aromatic N) is 5. The molecule has 4 aromatic rings. The Kier molecular flexibility index (Phi) is 5.53. The topological polar surface area (TPSA) is 94.2 Å². The van der Waals surface area contributed by atoms with E-state index in [0.717, 1.165) is 11.3 Å².